The standard InChI is InChI=1S/C19H41O2PS2/c1-3-4-5-6-7-8-9-10-11-12-13-14-15-16-17-18-19(2)21-22(20,23)24/h19H,3-18H2,1-2H3,(H2,20,23,24). The maximum Gasteiger partial charge on any atom is 0.241 e. The summed E-state index contributed by atoms with van der Waals surface area (Å²) >= 11 is 8.69. The Morgan fingerprint density at radius 1 is 0.792 bits per heavy atom. The maximum absolute atomic E-state index is 9.38. The first kappa shape index (κ1) is 24.9. The Bertz CT molecular complexity index is 308. The van der Waals surface area contributed by atoms with Crippen LogP contribution in [0.1, 0.15) is 117 Å². The Kier molecular flexibility index (Phi) is 18.0. The normalized spacial score (nSPS) is 15.3. The summed E-state index contributed by atoms with van der Waals surface area (Å²) in [4.78, 5) is 9.38. The molecular weight excluding hydrogens is 355 g/mol. The van der Waals surface area contributed by atoms with E-state index in [0.29, 0.717) is 0 Å². The minimum Gasteiger partial charge on any atom is -0.338 e. The van der Waals surface area contributed by atoms with Crippen molar-refractivity contribution >= 4 is 29.7 Å². The molecular formula is C19H41O2PS2. The van der Waals surface area contributed by atoms with Gasteiger partial charge < -0.3 is 9.42 Å². The number of unbranched alkanes of at least 4 members (excludes halogenated alkanes) is 14. The fourth-order valence-electron chi connectivity index (χ4n) is 3.09. The van der Waals surface area contributed by atoms with Gasteiger partial charge in [-0.3, -0.25) is 0 Å². The smallest absolute Gasteiger partial charge is 0.241 e. The Balaban J connectivity index is 3.14. The van der Waals surface area contributed by atoms with Crippen molar-refractivity contribution in [1.82, 2.24) is 0 Å². The Labute approximate surface area is 161 Å². The highest BCUT2D eigenvalue weighted by molar-refractivity contribution is 8.59. The highest BCUT2D eigenvalue weighted by Gasteiger charge is 2.11. The molecule has 0 bridgehead atoms. The lowest BCUT2D eigenvalue weighted by molar-refractivity contribution is 0.213. The molecule has 1 N–H and O–H groups in total. The van der Waals surface area contributed by atoms with Gasteiger partial charge in [0, 0.05) is 0 Å². The Hall–Kier alpha value is 0.920. The van der Waals surface area contributed by atoms with Crippen LogP contribution >= 0.6 is 17.9 Å². The quantitative estimate of drug-likeness (QED) is 0.141. The van der Waals surface area contributed by atoms with Crippen LogP contribution in [0, 0.1) is 0 Å². The molecule has 0 saturated heterocycles. The molecule has 0 aliphatic carbocycles. The maximum atomic E-state index is 9.38. The number of thiol groups is 1. The molecule has 0 rings (SSSR count). The predicted octanol–water partition coefficient (Wildman–Crippen LogP) is 7.80. The first-order chi connectivity index (χ1) is 11.5. The second kappa shape index (κ2) is 17.3. The van der Waals surface area contributed by atoms with Crippen LogP contribution in [0.25, 0.3) is 0 Å². The highest BCUT2D eigenvalue weighted by atomic mass is 32.9. The first-order valence-corrected chi connectivity index (χ1v) is 14.0. The van der Waals surface area contributed by atoms with Crippen LogP contribution in [0.4, 0.5) is 0 Å². The van der Waals surface area contributed by atoms with E-state index in [0.717, 1.165) is 12.8 Å². The van der Waals surface area contributed by atoms with Gasteiger partial charge in [0.25, 0.3) is 0 Å². The van der Waals surface area contributed by atoms with Crippen molar-refractivity contribution < 1.29 is 9.42 Å². The van der Waals surface area contributed by atoms with E-state index in [1.54, 1.807) is 0 Å². The van der Waals surface area contributed by atoms with Crippen LogP contribution < -0.4 is 0 Å². The lowest BCUT2D eigenvalue weighted by Crippen LogP contribution is -2.04. The molecule has 24 heavy (non-hydrogen) atoms. The van der Waals surface area contributed by atoms with Crippen molar-refractivity contribution in [1.29, 1.82) is 0 Å². The van der Waals surface area contributed by atoms with E-state index >= 15 is 0 Å². The molecule has 146 valence electrons. The van der Waals surface area contributed by atoms with Gasteiger partial charge in [-0.15, -0.1) is 0 Å². The van der Waals surface area contributed by atoms with Gasteiger partial charge in [-0.2, -0.15) is 0 Å². The van der Waals surface area contributed by atoms with Gasteiger partial charge in [0.05, 0.1) is 6.10 Å². The average molecular weight is 397 g/mol. The summed E-state index contributed by atoms with van der Waals surface area (Å²) in [6.07, 6.45) is 21.7. The number of hydrogen-bond acceptors (Lipinski definition) is 2. The molecule has 0 aromatic rings. The summed E-state index contributed by atoms with van der Waals surface area (Å²) in [5, 5.41) is 0. The van der Waals surface area contributed by atoms with Gasteiger partial charge in [0.1, 0.15) is 0 Å². The fraction of sp³-hybridized carbons (Fsp3) is 1.00. The zero-order valence-electron chi connectivity index (χ0n) is 16.0. The summed E-state index contributed by atoms with van der Waals surface area (Å²) in [5.41, 5.74) is -2.78. The molecule has 0 aliphatic heterocycles. The SMILES string of the molecule is CCCCCCCCCCCCCCCCCC(C)OP(O)(=S)S. The molecule has 0 radical (unpaired) electrons. The zero-order valence-corrected chi connectivity index (χ0v) is 18.7. The van der Waals surface area contributed by atoms with E-state index in [9.17, 15) is 4.89 Å². The second-order valence-electron chi connectivity index (χ2n) is 7.15. The van der Waals surface area contributed by atoms with E-state index < -0.39 is 5.69 Å². The van der Waals surface area contributed by atoms with Gasteiger partial charge in [0.2, 0.25) is 5.69 Å². The van der Waals surface area contributed by atoms with Crippen LogP contribution in [0.15, 0.2) is 0 Å². The van der Waals surface area contributed by atoms with Gasteiger partial charge in [0.15, 0.2) is 0 Å². The summed E-state index contributed by atoms with van der Waals surface area (Å²) in [7, 11) is 0. The summed E-state index contributed by atoms with van der Waals surface area (Å²) in [5.74, 6) is 0. The summed E-state index contributed by atoms with van der Waals surface area (Å²) in [6, 6.07) is 0. The Morgan fingerprint density at radius 2 is 1.12 bits per heavy atom. The van der Waals surface area contributed by atoms with Crippen molar-refractivity contribution in [2.75, 3.05) is 0 Å². The average Bonchev–Trinajstić information content (AvgIpc) is 2.49. The molecule has 0 amide bonds. The molecule has 0 aliphatic rings. The van der Waals surface area contributed by atoms with Crippen LogP contribution in [-0.4, -0.2) is 11.0 Å². The topological polar surface area (TPSA) is 29.5 Å². The number of hydrogen-bond donors (Lipinski definition) is 2. The van der Waals surface area contributed by atoms with E-state index in [1.807, 2.05) is 6.92 Å². The van der Waals surface area contributed by atoms with E-state index in [1.165, 1.54) is 89.9 Å². The molecule has 2 unspecified atom stereocenters. The molecule has 2 atom stereocenters. The third-order valence-corrected chi connectivity index (χ3v) is 5.71. The van der Waals surface area contributed by atoms with Crippen molar-refractivity contribution in [2.45, 2.75) is 123 Å². The van der Waals surface area contributed by atoms with E-state index in [2.05, 4.69) is 19.2 Å². The van der Waals surface area contributed by atoms with Crippen LogP contribution in [0.3, 0.4) is 0 Å². The molecule has 0 saturated carbocycles. The van der Waals surface area contributed by atoms with Crippen molar-refractivity contribution in [2.24, 2.45) is 0 Å². The van der Waals surface area contributed by atoms with Crippen molar-refractivity contribution in [3.63, 3.8) is 0 Å². The Morgan fingerprint density at radius 3 is 1.46 bits per heavy atom. The van der Waals surface area contributed by atoms with Crippen molar-refractivity contribution in [3.05, 3.63) is 0 Å². The van der Waals surface area contributed by atoms with Gasteiger partial charge in [-0.25, -0.2) is 0 Å². The van der Waals surface area contributed by atoms with Crippen molar-refractivity contribution in [3.8, 4) is 0 Å². The lowest BCUT2D eigenvalue weighted by Gasteiger charge is -2.16. The number of rotatable bonds is 18. The van der Waals surface area contributed by atoms with Gasteiger partial charge >= 0.3 is 0 Å². The van der Waals surface area contributed by atoms with Crippen LogP contribution in [0.2, 0.25) is 0 Å². The molecule has 2 nitrogen and oxygen atoms in total. The third-order valence-electron chi connectivity index (χ3n) is 4.53. The summed E-state index contributed by atoms with van der Waals surface area (Å²) < 4.78 is 5.30. The minimum atomic E-state index is -2.78. The second-order valence-corrected chi connectivity index (χ2v) is 12.3. The zero-order chi connectivity index (χ0) is 18.1. The minimum absolute atomic E-state index is 0.0281. The molecule has 5 heteroatoms. The molecule has 0 aromatic heterocycles. The van der Waals surface area contributed by atoms with Gasteiger partial charge in [-0.05, 0) is 25.2 Å². The largest absolute Gasteiger partial charge is 0.338 e. The van der Waals surface area contributed by atoms with Crippen LogP contribution in [-0.2, 0) is 16.3 Å². The predicted molar refractivity (Wildman–Crippen MR) is 116 cm³/mol. The molecule has 0 spiro atoms. The lowest BCUT2D eigenvalue weighted by atomic mass is 10.0. The van der Waals surface area contributed by atoms with Gasteiger partial charge in [-0.1, -0.05) is 115 Å². The van der Waals surface area contributed by atoms with E-state index in [4.69, 9.17) is 16.3 Å². The molecule has 0 fully saturated rings. The fourth-order valence-corrected chi connectivity index (χ4v) is 4.59. The molecule has 0 heterocycles. The van der Waals surface area contributed by atoms with E-state index in [-0.39, 0.29) is 6.10 Å². The highest BCUT2D eigenvalue weighted by Crippen LogP contribution is 2.48. The summed E-state index contributed by atoms with van der Waals surface area (Å²) in [6.45, 7) is 4.25. The first-order valence-electron chi connectivity index (χ1n) is 10.2. The third kappa shape index (κ3) is 21.0. The monoisotopic (exact) mass is 396 g/mol. The van der Waals surface area contributed by atoms with Crippen LogP contribution in [0.5, 0.6) is 0 Å². The molecule has 0 aromatic carbocycles.